The number of primary amides is 1. The van der Waals surface area contributed by atoms with Crippen LogP contribution in [0.25, 0.3) is 6.08 Å². The second-order valence-electron chi connectivity index (χ2n) is 3.14. The van der Waals surface area contributed by atoms with Crippen molar-refractivity contribution in [1.29, 1.82) is 0 Å². The Balaban J connectivity index is 2.39. The summed E-state index contributed by atoms with van der Waals surface area (Å²) in [4.78, 5) is 22.6. The van der Waals surface area contributed by atoms with Gasteiger partial charge in [0.1, 0.15) is 6.10 Å². The lowest BCUT2D eigenvalue weighted by atomic mass is 10.3. The first kappa shape index (κ1) is 13.7. The fourth-order valence-electron chi connectivity index (χ4n) is 0.932. The molecule has 0 aromatic carbocycles. The van der Waals surface area contributed by atoms with E-state index in [4.69, 9.17) is 22.4 Å². The number of carbonyl (C=O) groups is 2. The molecular formula is C10H11ClN2O3S. The number of aliphatic hydroxyl groups excluding tert-OH is 1. The molecule has 92 valence electrons. The number of rotatable bonds is 5. The SMILES string of the molecule is NC(=O)C(O)CNC(=O)/C=C/c1ccc(Cl)s1. The van der Waals surface area contributed by atoms with Crippen LogP contribution in [0.1, 0.15) is 4.88 Å². The number of hydrogen-bond acceptors (Lipinski definition) is 4. The third-order valence-corrected chi connectivity index (χ3v) is 2.99. The van der Waals surface area contributed by atoms with E-state index in [1.807, 2.05) is 0 Å². The van der Waals surface area contributed by atoms with E-state index in [1.165, 1.54) is 17.4 Å². The average molecular weight is 275 g/mol. The molecule has 1 heterocycles. The summed E-state index contributed by atoms with van der Waals surface area (Å²) in [7, 11) is 0. The van der Waals surface area contributed by atoms with Crippen LogP contribution in [-0.4, -0.2) is 29.6 Å². The minimum Gasteiger partial charge on any atom is -0.381 e. The van der Waals surface area contributed by atoms with Crippen LogP contribution in [0.2, 0.25) is 4.34 Å². The van der Waals surface area contributed by atoms with Crippen LogP contribution < -0.4 is 11.1 Å². The third kappa shape index (κ3) is 4.99. The number of nitrogens with two attached hydrogens (primary N) is 1. The largest absolute Gasteiger partial charge is 0.381 e. The fourth-order valence-corrected chi connectivity index (χ4v) is 1.90. The van der Waals surface area contributed by atoms with Gasteiger partial charge in [-0.3, -0.25) is 9.59 Å². The van der Waals surface area contributed by atoms with Crippen molar-refractivity contribution >= 4 is 40.8 Å². The summed E-state index contributed by atoms with van der Waals surface area (Å²) in [6.07, 6.45) is 1.50. The zero-order valence-electron chi connectivity index (χ0n) is 8.72. The number of nitrogens with one attached hydrogen (secondary N) is 1. The van der Waals surface area contributed by atoms with E-state index in [2.05, 4.69) is 5.32 Å². The number of thiophene rings is 1. The van der Waals surface area contributed by atoms with Crippen molar-refractivity contribution in [1.82, 2.24) is 5.32 Å². The van der Waals surface area contributed by atoms with Gasteiger partial charge in [0.25, 0.3) is 0 Å². The second-order valence-corrected chi connectivity index (χ2v) is 4.89. The van der Waals surface area contributed by atoms with Gasteiger partial charge in [0.2, 0.25) is 11.8 Å². The van der Waals surface area contributed by atoms with E-state index in [0.29, 0.717) is 4.34 Å². The number of halogens is 1. The number of amides is 2. The molecule has 0 saturated heterocycles. The molecular weight excluding hydrogens is 264 g/mol. The van der Waals surface area contributed by atoms with Crippen LogP contribution in [0, 0.1) is 0 Å². The molecule has 1 unspecified atom stereocenters. The first-order valence-electron chi connectivity index (χ1n) is 4.67. The van der Waals surface area contributed by atoms with Gasteiger partial charge >= 0.3 is 0 Å². The Kier molecular flexibility index (Phi) is 5.14. The molecule has 1 rings (SSSR count). The fraction of sp³-hybridized carbons (Fsp3) is 0.200. The normalized spacial score (nSPS) is 12.6. The maximum Gasteiger partial charge on any atom is 0.248 e. The molecule has 0 saturated carbocycles. The van der Waals surface area contributed by atoms with E-state index in [0.717, 1.165) is 4.88 Å². The van der Waals surface area contributed by atoms with Crippen molar-refractivity contribution in [2.24, 2.45) is 5.73 Å². The molecule has 4 N–H and O–H groups in total. The van der Waals surface area contributed by atoms with Gasteiger partial charge in [-0.2, -0.15) is 0 Å². The molecule has 1 atom stereocenters. The molecule has 0 aliphatic heterocycles. The lowest BCUT2D eigenvalue weighted by molar-refractivity contribution is -0.126. The molecule has 1 aromatic rings. The maximum absolute atomic E-state index is 11.3. The summed E-state index contributed by atoms with van der Waals surface area (Å²) in [5.74, 6) is -1.30. The highest BCUT2D eigenvalue weighted by atomic mass is 35.5. The minimum atomic E-state index is -1.37. The standard InChI is InChI=1S/C10H11ClN2O3S/c11-8-3-1-6(17-8)2-4-9(15)13-5-7(14)10(12)16/h1-4,7,14H,5H2,(H2,12,16)(H,13,15)/b4-2+. The van der Waals surface area contributed by atoms with Crippen LogP contribution in [0.5, 0.6) is 0 Å². The van der Waals surface area contributed by atoms with Crippen LogP contribution in [0.4, 0.5) is 0 Å². The topological polar surface area (TPSA) is 92.4 Å². The highest BCUT2D eigenvalue weighted by Gasteiger charge is 2.10. The predicted octanol–water partition coefficient (Wildman–Crippen LogP) is 0.377. The molecule has 0 fully saturated rings. The van der Waals surface area contributed by atoms with Crippen molar-refractivity contribution in [3.63, 3.8) is 0 Å². The molecule has 0 bridgehead atoms. The summed E-state index contributed by atoms with van der Waals surface area (Å²) >= 11 is 7.05. The summed E-state index contributed by atoms with van der Waals surface area (Å²) in [5.41, 5.74) is 4.82. The first-order valence-corrected chi connectivity index (χ1v) is 5.87. The average Bonchev–Trinajstić information content (AvgIpc) is 2.69. The van der Waals surface area contributed by atoms with Gasteiger partial charge in [0.05, 0.1) is 10.9 Å². The second kappa shape index (κ2) is 6.39. The Morgan fingerprint density at radius 1 is 1.59 bits per heavy atom. The Morgan fingerprint density at radius 3 is 2.82 bits per heavy atom. The van der Waals surface area contributed by atoms with Gasteiger partial charge in [-0.25, -0.2) is 0 Å². The van der Waals surface area contributed by atoms with Gasteiger partial charge in [-0.1, -0.05) is 11.6 Å². The summed E-state index contributed by atoms with van der Waals surface area (Å²) in [6.45, 7) is -0.205. The number of aliphatic hydroxyl groups is 1. The van der Waals surface area contributed by atoms with Crippen molar-refractivity contribution < 1.29 is 14.7 Å². The highest BCUT2D eigenvalue weighted by Crippen LogP contribution is 2.22. The van der Waals surface area contributed by atoms with E-state index < -0.39 is 17.9 Å². The number of carbonyl (C=O) groups excluding carboxylic acids is 2. The minimum absolute atomic E-state index is 0.205. The van der Waals surface area contributed by atoms with Crippen molar-refractivity contribution in [2.45, 2.75) is 6.10 Å². The molecule has 0 spiro atoms. The van der Waals surface area contributed by atoms with Crippen molar-refractivity contribution in [2.75, 3.05) is 6.54 Å². The molecule has 0 aliphatic rings. The predicted molar refractivity (Wildman–Crippen MR) is 66.6 cm³/mol. The van der Waals surface area contributed by atoms with Crippen LogP contribution in [-0.2, 0) is 9.59 Å². The van der Waals surface area contributed by atoms with Crippen molar-refractivity contribution in [3.8, 4) is 0 Å². The Labute approximate surface area is 107 Å². The van der Waals surface area contributed by atoms with Crippen LogP contribution in [0.3, 0.4) is 0 Å². The van der Waals surface area contributed by atoms with Gasteiger partial charge < -0.3 is 16.2 Å². The lowest BCUT2D eigenvalue weighted by Gasteiger charge is -2.05. The summed E-state index contributed by atoms with van der Waals surface area (Å²) in [6, 6.07) is 3.50. The van der Waals surface area contributed by atoms with Gasteiger partial charge in [0.15, 0.2) is 0 Å². The third-order valence-electron chi connectivity index (χ3n) is 1.79. The lowest BCUT2D eigenvalue weighted by Crippen LogP contribution is -2.39. The van der Waals surface area contributed by atoms with Gasteiger partial charge in [-0.15, -0.1) is 11.3 Å². The quantitative estimate of drug-likeness (QED) is 0.678. The monoisotopic (exact) mass is 274 g/mol. The van der Waals surface area contributed by atoms with Crippen LogP contribution >= 0.6 is 22.9 Å². The smallest absolute Gasteiger partial charge is 0.248 e. The molecule has 7 heteroatoms. The van der Waals surface area contributed by atoms with Crippen LogP contribution in [0.15, 0.2) is 18.2 Å². The Morgan fingerprint density at radius 2 is 2.29 bits per heavy atom. The molecule has 1 aromatic heterocycles. The first-order chi connectivity index (χ1) is 7.99. The summed E-state index contributed by atoms with van der Waals surface area (Å²) < 4.78 is 0.634. The maximum atomic E-state index is 11.3. The molecule has 17 heavy (non-hydrogen) atoms. The highest BCUT2D eigenvalue weighted by molar-refractivity contribution is 7.17. The van der Waals surface area contributed by atoms with Gasteiger partial charge in [-0.05, 0) is 18.2 Å². The zero-order chi connectivity index (χ0) is 12.8. The summed E-state index contributed by atoms with van der Waals surface area (Å²) in [5, 5.41) is 11.4. The molecule has 0 aliphatic carbocycles. The van der Waals surface area contributed by atoms with E-state index in [9.17, 15) is 9.59 Å². The van der Waals surface area contributed by atoms with E-state index in [1.54, 1.807) is 18.2 Å². The van der Waals surface area contributed by atoms with Crippen molar-refractivity contribution in [3.05, 3.63) is 27.4 Å². The van der Waals surface area contributed by atoms with Gasteiger partial charge in [0, 0.05) is 11.0 Å². The molecule has 5 nitrogen and oxygen atoms in total. The number of hydrogen-bond donors (Lipinski definition) is 3. The van der Waals surface area contributed by atoms with E-state index in [-0.39, 0.29) is 6.54 Å². The Bertz CT molecular complexity index is 445. The van der Waals surface area contributed by atoms with E-state index >= 15 is 0 Å². The molecule has 0 radical (unpaired) electrons. The zero-order valence-corrected chi connectivity index (χ0v) is 10.3. The molecule has 2 amide bonds. The Hall–Kier alpha value is -1.37.